The van der Waals surface area contributed by atoms with Gasteiger partial charge in [0.15, 0.2) is 0 Å². The molecule has 3 unspecified atom stereocenters. The molecule has 1 aromatic rings. The number of halogens is 1. The van der Waals surface area contributed by atoms with Crippen LogP contribution in [-0.2, 0) is 4.74 Å². The average molecular weight is 362 g/mol. The van der Waals surface area contributed by atoms with Crippen molar-refractivity contribution in [1.29, 1.82) is 0 Å². The Kier molecular flexibility index (Phi) is 4.59. The second-order valence-electron chi connectivity index (χ2n) is 5.52. The Bertz CT molecular complexity index is 431. The number of nitrogens with one attached hydrogen (secondary N) is 1. The van der Waals surface area contributed by atoms with E-state index in [9.17, 15) is 0 Å². The molecule has 0 bridgehead atoms. The molecule has 2 nitrogen and oxygen atoms in total. The summed E-state index contributed by atoms with van der Waals surface area (Å²) in [4.78, 5) is 1.45. The molecular formula is C14H20BrNOS2. The minimum Gasteiger partial charge on any atom is -0.374 e. The highest BCUT2D eigenvalue weighted by Crippen LogP contribution is 2.44. The Morgan fingerprint density at radius 3 is 3.11 bits per heavy atom. The fraction of sp³-hybridized carbons (Fsp3) is 0.714. The Labute approximate surface area is 131 Å². The Balaban J connectivity index is 1.76. The van der Waals surface area contributed by atoms with Gasteiger partial charge in [-0.3, -0.25) is 0 Å². The van der Waals surface area contributed by atoms with Crippen LogP contribution in [0, 0.1) is 5.92 Å². The number of thioether (sulfide) groups is 1. The SMILES string of the molecule is CNC(c1cc(Br)cs1)C1CCOC2(CCSC2)C1. The first-order chi connectivity index (χ1) is 9.22. The molecule has 0 aliphatic carbocycles. The van der Waals surface area contributed by atoms with E-state index in [1.165, 1.54) is 40.1 Å². The van der Waals surface area contributed by atoms with Gasteiger partial charge in [0.2, 0.25) is 0 Å². The maximum absolute atomic E-state index is 6.14. The van der Waals surface area contributed by atoms with E-state index in [1.54, 1.807) is 0 Å². The van der Waals surface area contributed by atoms with Gasteiger partial charge < -0.3 is 10.1 Å². The summed E-state index contributed by atoms with van der Waals surface area (Å²) < 4.78 is 7.34. The van der Waals surface area contributed by atoms with Crippen LogP contribution in [0.4, 0.5) is 0 Å². The van der Waals surface area contributed by atoms with E-state index in [0.717, 1.165) is 6.61 Å². The number of hydrogen-bond donors (Lipinski definition) is 1. The van der Waals surface area contributed by atoms with Crippen LogP contribution in [0.2, 0.25) is 0 Å². The quantitative estimate of drug-likeness (QED) is 0.876. The van der Waals surface area contributed by atoms with E-state index in [4.69, 9.17) is 4.74 Å². The first-order valence-electron chi connectivity index (χ1n) is 6.85. The van der Waals surface area contributed by atoms with E-state index in [0.29, 0.717) is 12.0 Å². The van der Waals surface area contributed by atoms with Gasteiger partial charge in [0, 0.05) is 33.1 Å². The van der Waals surface area contributed by atoms with Crippen LogP contribution >= 0.6 is 39.0 Å². The second-order valence-corrected chi connectivity index (χ2v) is 8.48. The van der Waals surface area contributed by atoms with Crippen molar-refractivity contribution in [2.75, 3.05) is 25.2 Å². The zero-order valence-corrected chi connectivity index (χ0v) is 14.4. The Morgan fingerprint density at radius 1 is 1.58 bits per heavy atom. The molecule has 0 saturated carbocycles. The lowest BCUT2D eigenvalue weighted by Gasteiger charge is -2.40. The maximum Gasteiger partial charge on any atom is 0.0783 e. The highest BCUT2D eigenvalue weighted by Gasteiger charge is 2.42. The Morgan fingerprint density at radius 2 is 2.47 bits per heavy atom. The fourth-order valence-electron chi connectivity index (χ4n) is 3.32. The molecule has 5 heteroatoms. The van der Waals surface area contributed by atoms with Crippen molar-refractivity contribution in [2.24, 2.45) is 5.92 Å². The zero-order chi connectivity index (χ0) is 13.3. The summed E-state index contributed by atoms with van der Waals surface area (Å²) in [6.45, 7) is 0.927. The van der Waals surface area contributed by atoms with Crippen molar-refractivity contribution in [3.05, 3.63) is 20.8 Å². The molecule has 2 saturated heterocycles. The smallest absolute Gasteiger partial charge is 0.0783 e. The van der Waals surface area contributed by atoms with Gasteiger partial charge in [-0.25, -0.2) is 0 Å². The second kappa shape index (κ2) is 6.06. The van der Waals surface area contributed by atoms with E-state index in [2.05, 4.69) is 51.5 Å². The summed E-state index contributed by atoms with van der Waals surface area (Å²) in [6.07, 6.45) is 3.62. The summed E-state index contributed by atoms with van der Waals surface area (Å²) in [6, 6.07) is 2.74. The van der Waals surface area contributed by atoms with Crippen LogP contribution in [0.3, 0.4) is 0 Å². The van der Waals surface area contributed by atoms with Crippen molar-refractivity contribution in [1.82, 2.24) is 5.32 Å². The molecule has 3 rings (SSSR count). The maximum atomic E-state index is 6.14. The molecule has 2 fully saturated rings. The van der Waals surface area contributed by atoms with Gasteiger partial charge in [0.25, 0.3) is 0 Å². The number of rotatable bonds is 3. The minimum absolute atomic E-state index is 0.178. The molecule has 0 amide bonds. The Hall–Kier alpha value is 0.450. The predicted octanol–water partition coefficient (Wildman–Crippen LogP) is 4.07. The molecule has 2 aliphatic heterocycles. The van der Waals surface area contributed by atoms with Gasteiger partial charge in [-0.1, -0.05) is 0 Å². The van der Waals surface area contributed by atoms with Gasteiger partial charge in [-0.15, -0.1) is 11.3 Å². The van der Waals surface area contributed by atoms with Crippen LogP contribution in [0.5, 0.6) is 0 Å². The summed E-state index contributed by atoms with van der Waals surface area (Å²) in [5.41, 5.74) is 0.178. The summed E-state index contributed by atoms with van der Waals surface area (Å²) in [7, 11) is 2.09. The van der Waals surface area contributed by atoms with Crippen molar-refractivity contribution in [2.45, 2.75) is 30.9 Å². The number of ether oxygens (including phenoxy) is 1. The van der Waals surface area contributed by atoms with Crippen LogP contribution in [0.1, 0.15) is 30.2 Å². The molecule has 1 N–H and O–H groups in total. The van der Waals surface area contributed by atoms with Crippen molar-refractivity contribution in [3.63, 3.8) is 0 Å². The topological polar surface area (TPSA) is 21.3 Å². The highest BCUT2D eigenvalue weighted by molar-refractivity contribution is 9.10. The van der Waals surface area contributed by atoms with Crippen LogP contribution in [0.25, 0.3) is 0 Å². The highest BCUT2D eigenvalue weighted by atomic mass is 79.9. The molecule has 106 valence electrons. The first kappa shape index (κ1) is 14.4. The van der Waals surface area contributed by atoms with E-state index < -0.39 is 0 Å². The van der Waals surface area contributed by atoms with E-state index in [-0.39, 0.29) is 5.60 Å². The van der Waals surface area contributed by atoms with Crippen LogP contribution in [-0.4, -0.2) is 30.8 Å². The molecule has 2 aliphatic rings. The van der Waals surface area contributed by atoms with Gasteiger partial charge >= 0.3 is 0 Å². The third kappa shape index (κ3) is 3.05. The lowest BCUT2D eigenvalue weighted by atomic mass is 9.81. The average Bonchev–Trinajstić information content (AvgIpc) is 3.01. The zero-order valence-electron chi connectivity index (χ0n) is 11.2. The normalized spacial score (nSPS) is 32.8. The molecule has 1 spiro atoms. The van der Waals surface area contributed by atoms with E-state index >= 15 is 0 Å². The third-order valence-corrected chi connectivity index (χ3v) is 7.27. The van der Waals surface area contributed by atoms with Gasteiger partial charge in [-0.05, 0) is 60.0 Å². The van der Waals surface area contributed by atoms with Crippen molar-refractivity contribution < 1.29 is 4.74 Å². The standard InChI is InChI=1S/C14H20BrNOS2/c1-16-13(12-6-11(15)8-19-12)10-2-4-17-14(7-10)3-5-18-9-14/h6,8,10,13,16H,2-5,7,9H2,1H3. The monoisotopic (exact) mass is 361 g/mol. The van der Waals surface area contributed by atoms with E-state index in [1.807, 2.05) is 11.3 Å². The minimum atomic E-state index is 0.178. The predicted molar refractivity (Wildman–Crippen MR) is 87.2 cm³/mol. The van der Waals surface area contributed by atoms with Crippen LogP contribution in [0.15, 0.2) is 15.9 Å². The van der Waals surface area contributed by atoms with Gasteiger partial charge in [-0.2, -0.15) is 11.8 Å². The molecule has 19 heavy (non-hydrogen) atoms. The number of thiophene rings is 1. The third-order valence-electron chi connectivity index (χ3n) is 4.27. The van der Waals surface area contributed by atoms with Crippen molar-refractivity contribution in [3.8, 4) is 0 Å². The summed E-state index contributed by atoms with van der Waals surface area (Å²) in [5, 5.41) is 5.72. The fourth-order valence-corrected chi connectivity index (χ4v) is 6.34. The first-order valence-corrected chi connectivity index (χ1v) is 9.68. The van der Waals surface area contributed by atoms with Gasteiger partial charge in [0.1, 0.15) is 0 Å². The van der Waals surface area contributed by atoms with Gasteiger partial charge in [0.05, 0.1) is 5.60 Å². The lowest BCUT2D eigenvalue weighted by Crippen LogP contribution is -2.43. The largest absolute Gasteiger partial charge is 0.374 e. The molecule has 3 heterocycles. The van der Waals surface area contributed by atoms with Crippen molar-refractivity contribution >= 4 is 39.0 Å². The van der Waals surface area contributed by atoms with Crippen LogP contribution < -0.4 is 5.32 Å². The molecule has 3 atom stereocenters. The lowest BCUT2D eigenvalue weighted by molar-refractivity contribution is -0.0848. The molecule has 0 aromatic carbocycles. The molecule has 1 aromatic heterocycles. The molecule has 0 radical (unpaired) electrons. The molecular weight excluding hydrogens is 342 g/mol. The number of hydrogen-bond acceptors (Lipinski definition) is 4. The summed E-state index contributed by atoms with van der Waals surface area (Å²) in [5.74, 6) is 3.15. The summed E-state index contributed by atoms with van der Waals surface area (Å²) >= 11 is 7.47.